The lowest BCUT2D eigenvalue weighted by atomic mass is 9.98. The van der Waals surface area contributed by atoms with Crippen molar-refractivity contribution in [3.8, 4) is 0 Å². The first-order valence-electron chi connectivity index (χ1n) is 9.35. The number of hydrogen-bond donors (Lipinski definition) is 2. The predicted molar refractivity (Wildman–Crippen MR) is 102 cm³/mol. The van der Waals surface area contributed by atoms with Crippen LogP contribution in [0.25, 0.3) is 0 Å². The number of nitrogens with zero attached hydrogens (tertiary/aromatic N) is 3. The van der Waals surface area contributed by atoms with E-state index in [1.807, 2.05) is 13.8 Å². The van der Waals surface area contributed by atoms with Crippen LogP contribution in [-0.4, -0.2) is 51.9 Å². The van der Waals surface area contributed by atoms with E-state index < -0.39 is 5.54 Å². The summed E-state index contributed by atoms with van der Waals surface area (Å²) in [7, 11) is 0. The molecule has 0 aliphatic carbocycles. The molecule has 7 heteroatoms. The number of piperazine rings is 1. The number of hydrogen-bond acceptors (Lipinski definition) is 5. The molecule has 2 N–H and O–H groups in total. The summed E-state index contributed by atoms with van der Waals surface area (Å²) in [6.45, 7) is 13.6. The maximum atomic E-state index is 13.0. The molecule has 1 fully saturated rings. The second-order valence-electron chi connectivity index (χ2n) is 8.02. The molecule has 1 aromatic heterocycles. The number of amides is 2. The van der Waals surface area contributed by atoms with Crippen molar-refractivity contribution in [3.05, 3.63) is 17.6 Å². The molecule has 0 bridgehead atoms. The minimum atomic E-state index is -0.900. The van der Waals surface area contributed by atoms with E-state index in [2.05, 4.69) is 34.4 Å². The van der Waals surface area contributed by atoms with Crippen LogP contribution in [0.1, 0.15) is 70.1 Å². The van der Waals surface area contributed by atoms with Crippen molar-refractivity contribution in [3.63, 3.8) is 0 Å². The molecule has 7 nitrogen and oxygen atoms in total. The van der Waals surface area contributed by atoms with Crippen LogP contribution < -0.4 is 10.6 Å². The van der Waals surface area contributed by atoms with Crippen molar-refractivity contribution < 1.29 is 9.59 Å². The maximum Gasteiger partial charge on any atom is 0.275 e. The van der Waals surface area contributed by atoms with Crippen molar-refractivity contribution in [2.75, 3.05) is 25.0 Å². The number of nitrogens with one attached hydrogen (secondary N) is 2. The first-order valence-corrected chi connectivity index (χ1v) is 9.35. The predicted octanol–water partition coefficient (Wildman–Crippen LogP) is 2.41. The van der Waals surface area contributed by atoms with E-state index in [1.54, 1.807) is 18.7 Å². The summed E-state index contributed by atoms with van der Waals surface area (Å²) < 4.78 is 0. The SMILES string of the molecule is CC(C)CCNc1ncc(C(=O)N2CCNC(=O)C2(C)C)nc1C(C)C. The molecule has 0 atom stereocenters. The van der Waals surface area contributed by atoms with Crippen LogP contribution in [-0.2, 0) is 4.79 Å². The summed E-state index contributed by atoms with van der Waals surface area (Å²) >= 11 is 0. The molecule has 0 unspecified atom stereocenters. The Bertz CT molecular complexity index is 670. The summed E-state index contributed by atoms with van der Waals surface area (Å²) in [5.41, 5.74) is 0.160. The minimum Gasteiger partial charge on any atom is -0.369 e. The van der Waals surface area contributed by atoms with Gasteiger partial charge in [-0.15, -0.1) is 0 Å². The molecule has 1 aromatic rings. The molecule has 0 spiro atoms. The Balaban J connectivity index is 2.25. The van der Waals surface area contributed by atoms with E-state index in [1.165, 1.54) is 6.20 Å². The Kier molecular flexibility index (Phi) is 6.21. The van der Waals surface area contributed by atoms with Gasteiger partial charge in [0, 0.05) is 19.6 Å². The van der Waals surface area contributed by atoms with Crippen LogP contribution >= 0.6 is 0 Å². The summed E-state index contributed by atoms with van der Waals surface area (Å²) in [5, 5.41) is 6.13. The zero-order valence-electron chi connectivity index (χ0n) is 16.7. The van der Waals surface area contributed by atoms with Gasteiger partial charge in [0.2, 0.25) is 5.91 Å². The molecule has 1 saturated heterocycles. The van der Waals surface area contributed by atoms with Crippen molar-refractivity contribution >= 4 is 17.6 Å². The molecule has 26 heavy (non-hydrogen) atoms. The first-order chi connectivity index (χ1) is 12.1. The van der Waals surface area contributed by atoms with E-state index in [0.29, 0.717) is 19.0 Å². The molecular weight excluding hydrogens is 330 g/mol. The Morgan fingerprint density at radius 3 is 2.65 bits per heavy atom. The third-order valence-electron chi connectivity index (χ3n) is 4.68. The average Bonchev–Trinajstić information content (AvgIpc) is 2.56. The summed E-state index contributed by atoms with van der Waals surface area (Å²) in [6, 6.07) is 0. The molecule has 144 valence electrons. The quantitative estimate of drug-likeness (QED) is 0.812. The maximum absolute atomic E-state index is 13.0. The van der Waals surface area contributed by atoms with Gasteiger partial charge >= 0.3 is 0 Å². The van der Waals surface area contributed by atoms with Gasteiger partial charge in [-0.25, -0.2) is 9.97 Å². The summed E-state index contributed by atoms with van der Waals surface area (Å²) in [4.78, 5) is 35.7. The highest BCUT2D eigenvalue weighted by Crippen LogP contribution is 2.23. The molecule has 0 saturated carbocycles. The van der Waals surface area contributed by atoms with Gasteiger partial charge in [-0.3, -0.25) is 9.59 Å². The monoisotopic (exact) mass is 361 g/mol. The molecule has 2 heterocycles. The fraction of sp³-hybridized carbons (Fsp3) is 0.684. The summed E-state index contributed by atoms with van der Waals surface area (Å²) in [6.07, 6.45) is 2.55. The zero-order valence-corrected chi connectivity index (χ0v) is 16.7. The fourth-order valence-electron chi connectivity index (χ4n) is 2.92. The van der Waals surface area contributed by atoms with E-state index in [-0.39, 0.29) is 23.4 Å². The number of carbonyl (C=O) groups is 2. The smallest absolute Gasteiger partial charge is 0.275 e. The largest absolute Gasteiger partial charge is 0.369 e. The lowest BCUT2D eigenvalue weighted by molar-refractivity contribution is -0.133. The lowest BCUT2D eigenvalue weighted by Gasteiger charge is -2.40. The lowest BCUT2D eigenvalue weighted by Crippen LogP contribution is -2.63. The third-order valence-corrected chi connectivity index (χ3v) is 4.68. The van der Waals surface area contributed by atoms with E-state index in [0.717, 1.165) is 24.5 Å². The molecule has 2 amide bonds. The second-order valence-corrected chi connectivity index (χ2v) is 8.02. The molecule has 0 aromatic carbocycles. The van der Waals surface area contributed by atoms with Crippen molar-refractivity contribution in [2.45, 2.75) is 59.4 Å². The van der Waals surface area contributed by atoms with Crippen LogP contribution in [0.5, 0.6) is 0 Å². The van der Waals surface area contributed by atoms with Crippen LogP contribution in [0, 0.1) is 5.92 Å². The molecular formula is C19H31N5O2. The normalized spacial score (nSPS) is 16.8. The van der Waals surface area contributed by atoms with Gasteiger partial charge in [0.05, 0.1) is 11.9 Å². The Morgan fingerprint density at radius 1 is 1.35 bits per heavy atom. The standard InChI is InChI=1S/C19H31N5O2/c1-12(2)7-8-20-16-15(13(3)4)23-14(11-22-16)17(25)24-10-9-21-18(26)19(24,5)6/h11-13H,7-10H2,1-6H3,(H,20,22)(H,21,26). The van der Waals surface area contributed by atoms with Gasteiger partial charge in [-0.2, -0.15) is 0 Å². The van der Waals surface area contributed by atoms with Gasteiger partial charge < -0.3 is 15.5 Å². The minimum absolute atomic E-state index is 0.134. The Morgan fingerprint density at radius 2 is 2.04 bits per heavy atom. The molecule has 0 radical (unpaired) electrons. The van der Waals surface area contributed by atoms with E-state index in [4.69, 9.17) is 0 Å². The van der Waals surface area contributed by atoms with E-state index in [9.17, 15) is 9.59 Å². The number of aromatic nitrogens is 2. The highest BCUT2D eigenvalue weighted by molar-refractivity contribution is 5.98. The third kappa shape index (κ3) is 4.31. The van der Waals surface area contributed by atoms with Crippen LogP contribution in [0.15, 0.2) is 6.20 Å². The van der Waals surface area contributed by atoms with Gasteiger partial charge in [-0.1, -0.05) is 27.7 Å². The van der Waals surface area contributed by atoms with Crippen molar-refractivity contribution in [1.29, 1.82) is 0 Å². The van der Waals surface area contributed by atoms with Gasteiger partial charge in [0.15, 0.2) is 0 Å². The second kappa shape index (κ2) is 8.01. The van der Waals surface area contributed by atoms with Crippen molar-refractivity contribution in [1.82, 2.24) is 20.2 Å². The molecule has 2 rings (SSSR count). The Labute approximate surface area is 156 Å². The molecule has 1 aliphatic rings. The Hall–Kier alpha value is -2.18. The van der Waals surface area contributed by atoms with Crippen LogP contribution in [0.4, 0.5) is 5.82 Å². The van der Waals surface area contributed by atoms with Gasteiger partial charge in [0.1, 0.15) is 17.1 Å². The highest BCUT2D eigenvalue weighted by Gasteiger charge is 2.41. The van der Waals surface area contributed by atoms with E-state index >= 15 is 0 Å². The van der Waals surface area contributed by atoms with Crippen molar-refractivity contribution in [2.24, 2.45) is 5.92 Å². The number of carbonyl (C=O) groups excluding carboxylic acids is 2. The van der Waals surface area contributed by atoms with Gasteiger partial charge in [0.25, 0.3) is 5.91 Å². The van der Waals surface area contributed by atoms with Crippen LogP contribution in [0.3, 0.4) is 0 Å². The number of rotatable bonds is 6. The highest BCUT2D eigenvalue weighted by atomic mass is 16.2. The zero-order chi connectivity index (χ0) is 19.5. The molecule has 1 aliphatic heterocycles. The fourth-order valence-corrected chi connectivity index (χ4v) is 2.92. The van der Waals surface area contributed by atoms with Gasteiger partial charge in [-0.05, 0) is 32.1 Å². The van der Waals surface area contributed by atoms with Crippen LogP contribution in [0.2, 0.25) is 0 Å². The first kappa shape index (κ1) is 20.1. The topological polar surface area (TPSA) is 87.2 Å². The number of anilines is 1. The summed E-state index contributed by atoms with van der Waals surface area (Å²) in [5.74, 6) is 1.06. The average molecular weight is 361 g/mol.